The molecule has 4 rings (SSSR count). The van der Waals surface area contributed by atoms with Crippen molar-refractivity contribution < 1.29 is 9.53 Å². The van der Waals surface area contributed by atoms with Gasteiger partial charge in [-0.05, 0) is 48.6 Å². The number of aryl methyl sites for hydroxylation is 2. The summed E-state index contributed by atoms with van der Waals surface area (Å²) in [6.07, 6.45) is 3.45. The van der Waals surface area contributed by atoms with Gasteiger partial charge >= 0.3 is 0 Å². The van der Waals surface area contributed by atoms with Crippen LogP contribution in [0.4, 0.5) is 5.13 Å². The van der Waals surface area contributed by atoms with Crippen molar-refractivity contribution in [2.75, 3.05) is 12.0 Å². The largest absolute Gasteiger partial charge is 0.494 e. The van der Waals surface area contributed by atoms with Crippen LogP contribution >= 0.6 is 22.9 Å². The van der Waals surface area contributed by atoms with Crippen molar-refractivity contribution in [3.8, 4) is 5.75 Å². The molecule has 0 spiro atoms. The molecule has 3 heterocycles. The number of hydrogen-bond acceptors (Lipinski definition) is 8. The van der Waals surface area contributed by atoms with Crippen LogP contribution in [0.25, 0.3) is 10.2 Å². The number of ether oxygens (including phenoxy) is 1. The van der Waals surface area contributed by atoms with Crippen molar-refractivity contribution in [2.24, 2.45) is 0 Å². The molecule has 0 atom stereocenters. The molecule has 0 aliphatic rings. The van der Waals surface area contributed by atoms with E-state index in [1.54, 1.807) is 31.3 Å². The third-order valence-corrected chi connectivity index (χ3v) is 6.33. The van der Waals surface area contributed by atoms with E-state index < -0.39 is 0 Å². The lowest BCUT2D eigenvalue weighted by molar-refractivity contribution is 0.0988. The highest BCUT2D eigenvalue weighted by Crippen LogP contribution is 2.37. The van der Waals surface area contributed by atoms with Crippen LogP contribution < -0.4 is 9.64 Å². The molecule has 9 heteroatoms. The predicted octanol–water partition coefficient (Wildman–Crippen LogP) is 4.02. The number of carbonyl (C=O) groups excluding carboxylic acids is 1. The summed E-state index contributed by atoms with van der Waals surface area (Å²) >= 11 is 2.56. The van der Waals surface area contributed by atoms with Crippen LogP contribution in [0, 0.1) is 13.8 Å². The molecule has 0 radical (unpaired) electrons. The van der Waals surface area contributed by atoms with Crippen LogP contribution in [-0.2, 0) is 6.54 Å². The summed E-state index contributed by atoms with van der Waals surface area (Å²) in [6.45, 7) is 4.16. The van der Waals surface area contributed by atoms with Crippen LogP contribution in [-0.4, -0.2) is 32.6 Å². The molecule has 0 saturated carbocycles. The minimum atomic E-state index is -0.174. The molecule has 7 nitrogen and oxygen atoms in total. The predicted molar refractivity (Wildman–Crippen MR) is 110 cm³/mol. The van der Waals surface area contributed by atoms with Crippen LogP contribution in [0.2, 0.25) is 0 Å². The number of benzene rings is 1. The molecule has 0 aliphatic heterocycles. The maximum absolute atomic E-state index is 13.3. The molecule has 142 valence electrons. The van der Waals surface area contributed by atoms with Crippen molar-refractivity contribution in [2.45, 2.75) is 20.4 Å². The Bertz CT molecular complexity index is 1140. The molecule has 4 aromatic rings. The van der Waals surface area contributed by atoms with Crippen molar-refractivity contribution in [3.05, 3.63) is 58.4 Å². The van der Waals surface area contributed by atoms with Crippen LogP contribution in [0.5, 0.6) is 5.75 Å². The average molecular weight is 412 g/mol. The van der Waals surface area contributed by atoms with E-state index in [1.165, 1.54) is 11.3 Å². The van der Waals surface area contributed by atoms with Gasteiger partial charge < -0.3 is 4.74 Å². The van der Waals surface area contributed by atoms with E-state index in [-0.39, 0.29) is 5.91 Å². The zero-order valence-electron chi connectivity index (χ0n) is 15.5. The molecule has 0 bridgehead atoms. The van der Waals surface area contributed by atoms with Crippen LogP contribution in [0.1, 0.15) is 26.5 Å². The average Bonchev–Trinajstić information content (AvgIpc) is 3.34. The number of fused-ring (bicyclic) bond motifs is 1. The number of amides is 1. The molecule has 1 aromatic carbocycles. The zero-order chi connectivity index (χ0) is 19.7. The Morgan fingerprint density at radius 3 is 2.79 bits per heavy atom. The summed E-state index contributed by atoms with van der Waals surface area (Å²) in [5, 5.41) is 4.58. The van der Waals surface area contributed by atoms with Gasteiger partial charge in [0, 0.05) is 12.4 Å². The summed E-state index contributed by atoms with van der Waals surface area (Å²) in [7, 11) is 1.62. The first-order chi connectivity index (χ1) is 13.6. The lowest BCUT2D eigenvalue weighted by atomic mass is 10.2. The van der Waals surface area contributed by atoms with Crippen molar-refractivity contribution >= 4 is 44.1 Å². The Hall–Kier alpha value is -2.91. The smallest absolute Gasteiger partial charge is 0.274 e. The second kappa shape index (κ2) is 7.61. The lowest BCUT2D eigenvalue weighted by Gasteiger charge is -2.19. The molecule has 0 fully saturated rings. The van der Waals surface area contributed by atoms with Gasteiger partial charge in [0.25, 0.3) is 5.91 Å². The molecular formula is C19H17N5O2S2. The van der Waals surface area contributed by atoms with Gasteiger partial charge in [-0.3, -0.25) is 14.7 Å². The van der Waals surface area contributed by atoms with Crippen molar-refractivity contribution in [1.82, 2.24) is 19.6 Å². The molecule has 28 heavy (non-hydrogen) atoms. The van der Waals surface area contributed by atoms with Gasteiger partial charge in [0.2, 0.25) is 0 Å². The molecule has 3 aromatic heterocycles. The number of hydrogen-bond donors (Lipinski definition) is 0. The Labute approximate surface area is 169 Å². The third-order valence-electron chi connectivity index (χ3n) is 4.30. The second-order valence-corrected chi connectivity index (χ2v) is 7.93. The Morgan fingerprint density at radius 1 is 1.25 bits per heavy atom. The molecule has 1 amide bonds. The highest BCUT2D eigenvalue weighted by molar-refractivity contribution is 7.22. The summed E-state index contributed by atoms with van der Waals surface area (Å²) < 4.78 is 10.4. The lowest BCUT2D eigenvalue weighted by Crippen LogP contribution is -2.30. The van der Waals surface area contributed by atoms with Gasteiger partial charge in [0.15, 0.2) is 5.13 Å². The number of methoxy groups -OCH3 is 1. The minimum absolute atomic E-state index is 0.174. The van der Waals surface area contributed by atoms with E-state index in [0.29, 0.717) is 28.0 Å². The molecule has 0 aliphatic carbocycles. The number of nitrogens with zero attached hydrogens (tertiary/aromatic N) is 5. The third kappa shape index (κ3) is 3.34. The Kier molecular flexibility index (Phi) is 5.01. The van der Waals surface area contributed by atoms with Gasteiger partial charge in [-0.2, -0.15) is 0 Å². The number of carbonyl (C=O) groups is 1. The summed E-state index contributed by atoms with van der Waals surface area (Å²) in [6, 6.07) is 7.67. The molecule has 0 unspecified atom stereocenters. The number of thiazole rings is 1. The fraction of sp³-hybridized carbons (Fsp3) is 0.211. The number of rotatable bonds is 5. The number of anilines is 1. The van der Waals surface area contributed by atoms with Gasteiger partial charge in [0.05, 0.1) is 24.0 Å². The first-order valence-electron chi connectivity index (χ1n) is 8.52. The topological polar surface area (TPSA) is 81.1 Å². The molecular weight excluding hydrogens is 394 g/mol. The number of pyridine rings is 1. The maximum Gasteiger partial charge on any atom is 0.274 e. The van der Waals surface area contributed by atoms with Gasteiger partial charge in [-0.1, -0.05) is 28.0 Å². The maximum atomic E-state index is 13.3. The second-order valence-electron chi connectivity index (χ2n) is 6.20. The Morgan fingerprint density at radius 2 is 2.11 bits per heavy atom. The van der Waals surface area contributed by atoms with Crippen LogP contribution in [0.15, 0.2) is 36.7 Å². The fourth-order valence-electron chi connectivity index (χ4n) is 2.83. The van der Waals surface area contributed by atoms with E-state index in [2.05, 4.69) is 14.6 Å². The SMILES string of the molecule is COc1ccc(C)c2sc(N(Cc3cccnc3)C(=O)c3snnc3C)nc12. The van der Waals surface area contributed by atoms with Crippen molar-refractivity contribution in [1.29, 1.82) is 0 Å². The standard InChI is InChI=1S/C19H17N5O2S2/c1-11-6-7-14(26-3)15-16(11)27-19(21-15)24(10-13-5-4-8-20-9-13)18(25)17-12(2)22-23-28-17/h4-9H,10H2,1-3H3. The molecule has 0 N–H and O–H groups in total. The highest BCUT2D eigenvalue weighted by atomic mass is 32.1. The van der Waals surface area contributed by atoms with Gasteiger partial charge in [-0.15, -0.1) is 5.10 Å². The summed E-state index contributed by atoms with van der Waals surface area (Å²) in [4.78, 5) is 24.4. The quantitative estimate of drug-likeness (QED) is 0.493. The fourth-order valence-corrected chi connectivity index (χ4v) is 4.48. The van der Waals surface area contributed by atoms with Gasteiger partial charge in [-0.25, -0.2) is 4.98 Å². The van der Waals surface area contributed by atoms with Crippen molar-refractivity contribution in [3.63, 3.8) is 0 Å². The van der Waals surface area contributed by atoms with Crippen LogP contribution in [0.3, 0.4) is 0 Å². The van der Waals surface area contributed by atoms with E-state index in [1.807, 2.05) is 31.2 Å². The first kappa shape index (κ1) is 18.5. The Balaban J connectivity index is 1.83. The normalized spacial score (nSPS) is 11.0. The molecule has 0 saturated heterocycles. The zero-order valence-corrected chi connectivity index (χ0v) is 17.2. The van der Waals surface area contributed by atoms with E-state index in [4.69, 9.17) is 9.72 Å². The minimum Gasteiger partial charge on any atom is -0.494 e. The summed E-state index contributed by atoms with van der Waals surface area (Å²) in [5.41, 5.74) is 3.37. The number of aromatic nitrogens is 4. The first-order valence-corrected chi connectivity index (χ1v) is 10.1. The van der Waals surface area contributed by atoms with E-state index in [9.17, 15) is 4.79 Å². The van der Waals surface area contributed by atoms with E-state index >= 15 is 0 Å². The van der Waals surface area contributed by atoms with E-state index in [0.717, 1.165) is 32.9 Å². The monoisotopic (exact) mass is 411 g/mol. The highest BCUT2D eigenvalue weighted by Gasteiger charge is 2.26. The summed E-state index contributed by atoms with van der Waals surface area (Å²) in [5.74, 6) is 0.513. The van der Waals surface area contributed by atoms with Gasteiger partial charge in [0.1, 0.15) is 16.1 Å².